The van der Waals surface area contributed by atoms with Crippen molar-refractivity contribution in [2.75, 3.05) is 20.8 Å². The van der Waals surface area contributed by atoms with Crippen LogP contribution in [0.5, 0.6) is 11.5 Å². The fourth-order valence-corrected chi connectivity index (χ4v) is 5.31. The van der Waals surface area contributed by atoms with Crippen LogP contribution in [-0.4, -0.2) is 55.0 Å². The number of ketones is 1. The normalized spacial score (nSPS) is 20.7. The van der Waals surface area contributed by atoms with Crippen LogP contribution < -0.4 is 14.8 Å². The number of rotatable bonds is 7. The SMILES string of the molecule is COc1ccc(CCN2C(=O)C(NC(=O)c3ccc(Cl)cc3)(C(F)(F)F)C3=C2CC(C)(C)CC3=O)cc1OC. The Hall–Kier alpha value is -3.53. The smallest absolute Gasteiger partial charge is 0.425 e. The number of allylic oxidation sites excluding steroid dienone is 1. The van der Waals surface area contributed by atoms with Crippen LogP contribution in [0.3, 0.4) is 0 Å². The highest BCUT2D eigenvalue weighted by Gasteiger charge is 2.71. The number of benzene rings is 2. The molecule has 39 heavy (non-hydrogen) atoms. The van der Waals surface area contributed by atoms with Crippen molar-refractivity contribution in [3.8, 4) is 11.5 Å². The van der Waals surface area contributed by atoms with E-state index >= 15 is 0 Å². The molecule has 0 radical (unpaired) electrons. The summed E-state index contributed by atoms with van der Waals surface area (Å²) >= 11 is 5.85. The lowest BCUT2D eigenvalue weighted by Crippen LogP contribution is -2.66. The Kier molecular flexibility index (Phi) is 7.46. The van der Waals surface area contributed by atoms with Gasteiger partial charge in [0.15, 0.2) is 17.3 Å². The zero-order valence-electron chi connectivity index (χ0n) is 21.9. The average molecular weight is 565 g/mol. The summed E-state index contributed by atoms with van der Waals surface area (Å²) in [5.41, 5.74) is -4.38. The van der Waals surface area contributed by atoms with E-state index in [1.165, 1.54) is 38.5 Å². The number of halogens is 4. The fourth-order valence-electron chi connectivity index (χ4n) is 5.18. The second-order valence-corrected chi connectivity index (χ2v) is 10.8. The van der Waals surface area contributed by atoms with Crippen molar-refractivity contribution in [3.63, 3.8) is 0 Å². The Morgan fingerprint density at radius 1 is 1.03 bits per heavy atom. The van der Waals surface area contributed by atoms with Gasteiger partial charge in [-0.15, -0.1) is 0 Å². The average Bonchev–Trinajstić information content (AvgIpc) is 3.09. The molecule has 208 valence electrons. The molecule has 7 nitrogen and oxygen atoms in total. The van der Waals surface area contributed by atoms with E-state index in [0.29, 0.717) is 17.1 Å². The Bertz CT molecular complexity index is 1350. The van der Waals surface area contributed by atoms with Gasteiger partial charge >= 0.3 is 6.18 Å². The van der Waals surface area contributed by atoms with Gasteiger partial charge in [-0.25, -0.2) is 0 Å². The number of carbonyl (C=O) groups is 3. The Morgan fingerprint density at radius 3 is 2.26 bits per heavy atom. The lowest BCUT2D eigenvalue weighted by Gasteiger charge is -2.35. The summed E-state index contributed by atoms with van der Waals surface area (Å²) in [4.78, 5) is 41.1. The van der Waals surface area contributed by atoms with Crippen LogP contribution in [0.15, 0.2) is 53.7 Å². The molecule has 11 heteroatoms. The van der Waals surface area contributed by atoms with Crippen molar-refractivity contribution >= 4 is 29.2 Å². The quantitative estimate of drug-likeness (QED) is 0.505. The summed E-state index contributed by atoms with van der Waals surface area (Å²) < 4.78 is 55.4. The first kappa shape index (κ1) is 28.5. The van der Waals surface area contributed by atoms with Crippen molar-refractivity contribution in [2.45, 2.75) is 44.8 Å². The number of hydrogen-bond acceptors (Lipinski definition) is 5. The molecule has 1 N–H and O–H groups in total. The summed E-state index contributed by atoms with van der Waals surface area (Å²) in [6.45, 7) is 3.36. The van der Waals surface area contributed by atoms with Gasteiger partial charge in [0.2, 0.25) is 5.54 Å². The molecule has 0 fully saturated rings. The molecule has 1 aliphatic carbocycles. The molecule has 1 unspecified atom stereocenters. The third kappa shape index (κ3) is 5.09. The van der Waals surface area contributed by atoms with Gasteiger partial charge in [0.25, 0.3) is 11.8 Å². The Morgan fingerprint density at radius 2 is 1.67 bits per heavy atom. The molecule has 0 saturated carbocycles. The van der Waals surface area contributed by atoms with E-state index in [1.54, 1.807) is 32.0 Å². The van der Waals surface area contributed by atoms with Gasteiger partial charge in [-0.2, -0.15) is 13.2 Å². The molecule has 0 spiro atoms. The maximum atomic E-state index is 15.0. The summed E-state index contributed by atoms with van der Waals surface area (Å²) in [5.74, 6) is -2.48. The van der Waals surface area contributed by atoms with Gasteiger partial charge in [0.1, 0.15) is 0 Å². The van der Waals surface area contributed by atoms with E-state index in [4.69, 9.17) is 21.1 Å². The molecule has 2 aliphatic rings. The molecule has 2 aromatic rings. The number of nitrogens with zero attached hydrogens (tertiary/aromatic N) is 1. The zero-order chi connectivity index (χ0) is 28.8. The molecular weight excluding hydrogens is 537 g/mol. The van der Waals surface area contributed by atoms with Crippen LogP contribution in [0, 0.1) is 5.41 Å². The Labute approximate surface area is 228 Å². The lowest BCUT2D eigenvalue weighted by atomic mass is 9.72. The van der Waals surface area contributed by atoms with Crippen molar-refractivity contribution < 1.29 is 37.0 Å². The highest BCUT2D eigenvalue weighted by Crippen LogP contribution is 2.51. The number of Topliss-reactive ketones (excluding diaryl/α,β-unsaturated/α-hetero) is 1. The van der Waals surface area contributed by atoms with Gasteiger partial charge < -0.3 is 19.7 Å². The molecule has 2 aromatic carbocycles. The van der Waals surface area contributed by atoms with Crippen molar-refractivity contribution in [1.29, 1.82) is 0 Å². The summed E-state index contributed by atoms with van der Waals surface area (Å²) in [6, 6.07) is 10.2. The van der Waals surface area contributed by atoms with Crippen LogP contribution in [0.25, 0.3) is 0 Å². The minimum atomic E-state index is -5.29. The summed E-state index contributed by atoms with van der Waals surface area (Å²) in [6.07, 6.45) is -5.27. The predicted molar refractivity (Wildman–Crippen MR) is 138 cm³/mol. The van der Waals surface area contributed by atoms with Crippen LogP contribution in [0.1, 0.15) is 42.6 Å². The minimum absolute atomic E-state index is 0.0181. The van der Waals surface area contributed by atoms with E-state index in [-0.39, 0.29) is 42.1 Å². The standard InChI is InChI=1S/C28H28ClF3N2O5/c1-26(2)14-19-23(20(35)15-26)27(28(30,31)32,33-24(36)17-6-8-18(29)9-7-17)25(37)34(19)12-11-16-5-10-21(38-3)22(13-16)39-4/h5-10,13H,11-12,14-15H2,1-4H3,(H,33,36). The highest BCUT2D eigenvalue weighted by atomic mass is 35.5. The molecule has 0 aromatic heterocycles. The molecule has 4 rings (SSSR count). The number of carbonyl (C=O) groups excluding carboxylic acids is 3. The topological polar surface area (TPSA) is 84.9 Å². The third-order valence-corrected chi connectivity index (χ3v) is 7.28. The van der Waals surface area contributed by atoms with Crippen molar-refractivity contribution in [1.82, 2.24) is 10.2 Å². The first-order valence-electron chi connectivity index (χ1n) is 12.2. The van der Waals surface area contributed by atoms with Crippen LogP contribution >= 0.6 is 11.6 Å². The minimum Gasteiger partial charge on any atom is -0.493 e. The number of methoxy groups -OCH3 is 2. The summed E-state index contributed by atoms with van der Waals surface area (Å²) in [5, 5.41) is 2.21. The Balaban J connectivity index is 1.77. The third-order valence-electron chi connectivity index (χ3n) is 7.02. The molecule has 1 heterocycles. The van der Waals surface area contributed by atoms with E-state index in [9.17, 15) is 27.6 Å². The fraction of sp³-hybridized carbons (Fsp3) is 0.393. The van der Waals surface area contributed by atoms with Gasteiger partial charge in [-0.05, 0) is 60.2 Å². The second-order valence-electron chi connectivity index (χ2n) is 10.4. The van der Waals surface area contributed by atoms with Crippen LogP contribution in [-0.2, 0) is 16.0 Å². The molecular formula is C28H28ClF3N2O5. The highest BCUT2D eigenvalue weighted by molar-refractivity contribution is 6.30. The largest absolute Gasteiger partial charge is 0.493 e. The molecule has 0 saturated heterocycles. The van der Waals surface area contributed by atoms with Gasteiger partial charge in [-0.3, -0.25) is 14.4 Å². The first-order valence-corrected chi connectivity index (χ1v) is 12.6. The van der Waals surface area contributed by atoms with Gasteiger partial charge in [0.05, 0.1) is 19.8 Å². The van der Waals surface area contributed by atoms with E-state index in [1.807, 2.05) is 5.32 Å². The zero-order valence-corrected chi connectivity index (χ0v) is 22.6. The summed E-state index contributed by atoms with van der Waals surface area (Å²) in [7, 11) is 2.94. The molecule has 1 aliphatic heterocycles. The monoisotopic (exact) mass is 564 g/mol. The number of amides is 2. The molecule has 0 bridgehead atoms. The van der Waals surface area contributed by atoms with E-state index < -0.39 is 40.3 Å². The van der Waals surface area contributed by atoms with Gasteiger partial charge in [0, 0.05) is 29.2 Å². The van der Waals surface area contributed by atoms with Crippen molar-refractivity contribution in [2.24, 2.45) is 5.41 Å². The van der Waals surface area contributed by atoms with E-state index in [0.717, 1.165) is 4.90 Å². The van der Waals surface area contributed by atoms with Crippen LogP contribution in [0.4, 0.5) is 13.2 Å². The predicted octanol–water partition coefficient (Wildman–Crippen LogP) is 5.12. The maximum absolute atomic E-state index is 15.0. The van der Waals surface area contributed by atoms with E-state index in [2.05, 4.69) is 0 Å². The first-order chi connectivity index (χ1) is 18.2. The number of nitrogens with one attached hydrogen (secondary N) is 1. The maximum Gasteiger partial charge on any atom is 0.425 e. The number of ether oxygens (including phenoxy) is 2. The second kappa shape index (κ2) is 10.2. The van der Waals surface area contributed by atoms with Crippen LogP contribution in [0.2, 0.25) is 5.02 Å². The van der Waals surface area contributed by atoms with Gasteiger partial charge in [-0.1, -0.05) is 31.5 Å². The van der Waals surface area contributed by atoms with Crippen molar-refractivity contribution in [3.05, 3.63) is 69.9 Å². The molecule has 1 atom stereocenters. The lowest BCUT2D eigenvalue weighted by molar-refractivity contribution is -0.190. The number of hydrogen-bond donors (Lipinski definition) is 1. The number of alkyl halides is 3. The molecule has 2 amide bonds.